The lowest BCUT2D eigenvalue weighted by Crippen LogP contribution is -2.22. The molecule has 2 heterocycles. The molecule has 7 nitrogen and oxygen atoms in total. The molecule has 3 rings (SSSR count). The number of anilines is 1. The van der Waals surface area contributed by atoms with Gasteiger partial charge in [-0.1, -0.05) is 6.07 Å². The predicted octanol–water partition coefficient (Wildman–Crippen LogP) is 1.66. The van der Waals surface area contributed by atoms with Crippen LogP contribution in [-0.2, 0) is 13.1 Å². The van der Waals surface area contributed by atoms with Gasteiger partial charge >= 0.3 is 6.09 Å². The average molecular weight is 272 g/mol. The number of hydrogen-bond donors (Lipinski definition) is 3. The molecule has 0 saturated carbocycles. The first-order chi connectivity index (χ1) is 9.63. The van der Waals surface area contributed by atoms with E-state index in [1.165, 1.54) is 11.1 Å². The molecule has 1 aromatic heterocycles. The van der Waals surface area contributed by atoms with Gasteiger partial charge < -0.3 is 15.4 Å². The first kappa shape index (κ1) is 12.2. The van der Waals surface area contributed by atoms with Crippen LogP contribution in [0.25, 0.3) is 0 Å². The number of rotatable bonds is 2. The quantitative estimate of drug-likeness (QED) is 0.774. The molecule has 0 spiro atoms. The van der Waals surface area contributed by atoms with E-state index in [-0.39, 0.29) is 11.7 Å². The molecule has 0 radical (unpaired) electrons. The molecule has 2 amide bonds. The van der Waals surface area contributed by atoms with Gasteiger partial charge in [-0.05, 0) is 23.3 Å². The zero-order valence-electron chi connectivity index (χ0n) is 10.5. The van der Waals surface area contributed by atoms with Crippen molar-refractivity contribution in [2.45, 2.75) is 13.1 Å². The highest BCUT2D eigenvalue weighted by Crippen LogP contribution is 2.25. The van der Waals surface area contributed by atoms with Gasteiger partial charge in [-0.3, -0.25) is 9.69 Å². The van der Waals surface area contributed by atoms with Crippen LogP contribution in [0.2, 0.25) is 0 Å². The number of aromatic amines is 1. The molecular formula is C13H12N4O3. The maximum Gasteiger partial charge on any atom is 0.407 e. The zero-order chi connectivity index (χ0) is 14.1. The number of fused-ring (bicyclic) bond motifs is 1. The standard InChI is InChI=1S/C13H12N4O3/c18-12(11-14-3-4-15-11)16-10-2-1-8-6-17(13(19)20)7-9(8)5-10/h1-5H,6-7H2,(H,14,15)(H,16,18)(H,19,20). The Hall–Kier alpha value is -2.83. The van der Waals surface area contributed by atoms with Crippen LogP contribution in [0.1, 0.15) is 21.7 Å². The molecule has 3 N–H and O–H groups in total. The number of imidazole rings is 1. The van der Waals surface area contributed by atoms with Gasteiger partial charge in [0.25, 0.3) is 5.91 Å². The molecule has 1 aliphatic heterocycles. The van der Waals surface area contributed by atoms with Crippen LogP contribution in [0.5, 0.6) is 0 Å². The summed E-state index contributed by atoms with van der Waals surface area (Å²) in [6.07, 6.45) is 2.13. The summed E-state index contributed by atoms with van der Waals surface area (Å²) >= 11 is 0. The lowest BCUT2D eigenvalue weighted by molar-refractivity contribution is 0.101. The number of carbonyl (C=O) groups is 2. The Labute approximate surface area is 114 Å². The summed E-state index contributed by atoms with van der Waals surface area (Å²) < 4.78 is 0. The van der Waals surface area contributed by atoms with E-state index in [1.54, 1.807) is 18.3 Å². The van der Waals surface area contributed by atoms with E-state index in [4.69, 9.17) is 5.11 Å². The van der Waals surface area contributed by atoms with Gasteiger partial charge in [0, 0.05) is 31.2 Å². The van der Waals surface area contributed by atoms with Crippen LogP contribution >= 0.6 is 0 Å². The van der Waals surface area contributed by atoms with E-state index in [2.05, 4.69) is 15.3 Å². The molecule has 0 atom stereocenters. The van der Waals surface area contributed by atoms with Crippen LogP contribution in [0.3, 0.4) is 0 Å². The predicted molar refractivity (Wildman–Crippen MR) is 70.3 cm³/mol. The number of H-pyrrole nitrogens is 1. The van der Waals surface area contributed by atoms with Gasteiger partial charge in [-0.25, -0.2) is 9.78 Å². The van der Waals surface area contributed by atoms with Crippen LogP contribution in [-0.4, -0.2) is 32.0 Å². The van der Waals surface area contributed by atoms with E-state index in [9.17, 15) is 9.59 Å². The van der Waals surface area contributed by atoms with Crippen molar-refractivity contribution in [1.29, 1.82) is 0 Å². The van der Waals surface area contributed by atoms with Crippen molar-refractivity contribution in [2.24, 2.45) is 0 Å². The third-order valence-corrected chi connectivity index (χ3v) is 3.17. The topological polar surface area (TPSA) is 98.3 Å². The van der Waals surface area contributed by atoms with Gasteiger partial charge in [0.15, 0.2) is 5.82 Å². The summed E-state index contributed by atoms with van der Waals surface area (Å²) in [7, 11) is 0. The number of carbonyl (C=O) groups excluding carboxylic acids is 1. The van der Waals surface area contributed by atoms with E-state index in [0.29, 0.717) is 18.8 Å². The van der Waals surface area contributed by atoms with Crippen LogP contribution < -0.4 is 5.32 Å². The fourth-order valence-corrected chi connectivity index (χ4v) is 2.19. The molecule has 0 bridgehead atoms. The smallest absolute Gasteiger partial charge is 0.407 e. The zero-order valence-corrected chi connectivity index (χ0v) is 10.5. The second-order valence-electron chi connectivity index (χ2n) is 4.51. The second kappa shape index (κ2) is 4.69. The van der Waals surface area contributed by atoms with Crippen LogP contribution in [0.15, 0.2) is 30.6 Å². The summed E-state index contributed by atoms with van der Waals surface area (Å²) in [6, 6.07) is 5.38. The monoisotopic (exact) mass is 272 g/mol. The fourth-order valence-electron chi connectivity index (χ4n) is 2.19. The maximum absolute atomic E-state index is 11.8. The lowest BCUT2D eigenvalue weighted by Gasteiger charge is -2.08. The number of benzene rings is 1. The molecular weight excluding hydrogens is 260 g/mol. The molecule has 1 aromatic carbocycles. The van der Waals surface area contributed by atoms with Gasteiger partial charge in [-0.15, -0.1) is 0 Å². The highest BCUT2D eigenvalue weighted by Gasteiger charge is 2.23. The van der Waals surface area contributed by atoms with Crippen molar-refractivity contribution < 1.29 is 14.7 Å². The first-order valence-electron chi connectivity index (χ1n) is 6.04. The third-order valence-electron chi connectivity index (χ3n) is 3.17. The van der Waals surface area contributed by atoms with Gasteiger partial charge in [0.05, 0.1) is 0 Å². The van der Waals surface area contributed by atoms with Crippen LogP contribution in [0.4, 0.5) is 10.5 Å². The SMILES string of the molecule is O=C(Nc1ccc2c(c1)CN(C(=O)O)C2)c1ncc[nH]1. The Morgan fingerprint density at radius 3 is 2.80 bits per heavy atom. The summed E-state index contributed by atoms with van der Waals surface area (Å²) in [5.74, 6) is -0.0966. The van der Waals surface area contributed by atoms with E-state index < -0.39 is 6.09 Å². The minimum Gasteiger partial charge on any atom is -0.465 e. The normalized spacial score (nSPS) is 13.1. The molecule has 0 fully saturated rings. The lowest BCUT2D eigenvalue weighted by atomic mass is 10.1. The highest BCUT2D eigenvalue weighted by atomic mass is 16.4. The van der Waals surface area contributed by atoms with Crippen molar-refractivity contribution in [1.82, 2.24) is 14.9 Å². The third kappa shape index (κ3) is 2.20. The van der Waals surface area contributed by atoms with E-state index in [1.807, 2.05) is 6.07 Å². The number of carboxylic acid groups (broad SMARTS) is 1. The number of amides is 2. The van der Waals surface area contributed by atoms with Crippen molar-refractivity contribution in [2.75, 3.05) is 5.32 Å². The summed E-state index contributed by atoms with van der Waals surface area (Å²) in [5, 5.41) is 11.7. The van der Waals surface area contributed by atoms with Crippen molar-refractivity contribution >= 4 is 17.7 Å². The minimum atomic E-state index is -0.942. The second-order valence-corrected chi connectivity index (χ2v) is 4.51. The Kier molecular flexibility index (Phi) is 2.86. The van der Waals surface area contributed by atoms with E-state index in [0.717, 1.165) is 11.1 Å². The van der Waals surface area contributed by atoms with Crippen molar-refractivity contribution in [3.63, 3.8) is 0 Å². The molecule has 2 aromatic rings. The Morgan fingerprint density at radius 2 is 2.10 bits per heavy atom. The molecule has 20 heavy (non-hydrogen) atoms. The summed E-state index contributed by atoms with van der Waals surface area (Å²) in [6.45, 7) is 0.728. The number of aromatic nitrogens is 2. The highest BCUT2D eigenvalue weighted by molar-refractivity contribution is 6.01. The van der Waals surface area contributed by atoms with Gasteiger partial charge in [-0.2, -0.15) is 0 Å². The van der Waals surface area contributed by atoms with Crippen molar-refractivity contribution in [3.05, 3.63) is 47.5 Å². The Balaban J connectivity index is 1.76. The van der Waals surface area contributed by atoms with Gasteiger partial charge in [0.2, 0.25) is 0 Å². The molecule has 102 valence electrons. The Bertz CT molecular complexity index is 666. The fraction of sp³-hybridized carbons (Fsp3) is 0.154. The van der Waals surface area contributed by atoms with E-state index >= 15 is 0 Å². The summed E-state index contributed by atoms with van der Waals surface area (Å²) in [5.41, 5.74) is 2.49. The largest absolute Gasteiger partial charge is 0.465 e. The average Bonchev–Trinajstić information content (AvgIpc) is 3.07. The maximum atomic E-state index is 11.8. The van der Waals surface area contributed by atoms with Crippen molar-refractivity contribution in [3.8, 4) is 0 Å². The molecule has 0 saturated heterocycles. The number of hydrogen-bond acceptors (Lipinski definition) is 3. The minimum absolute atomic E-state index is 0.234. The number of nitrogens with one attached hydrogen (secondary N) is 2. The molecule has 0 aliphatic carbocycles. The summed E-state index contributed by atoms with van der Waals surface area (Å²) in [4.78, 5) is 30.7. The molecule has 0 unspecified atom stereocenters. The van der Waals surface area contributed by atoms with Gasteiger partial charge in [0.1, 0.15) is 0 Å². The number of nitrogens with zero attached hydrogens (tertiary/aromatic N) is 2. The molecule has 7 heteroatoms. The first-order valence-corrected chi connectivity index (χ1v) is 6.04. The molecule has 1 aliphatic rings. The van der Waals surface area contributed by atoms with Crippen LogP contribution in [0, 0.1) is 0 Å². The Morgan fingerprint density at radius 1 is 1.30 bits per heavy atom.